The number of benzene rings is 2. The van der Waals surface area contributed by atoms with Crippen molar-refractivity contribution in [1.29, 1.82) is 0 Å². The van der Waals surface area contributed by atoms with Crippen LogP contribution >= 0.6 is 0 Å². The minimum absolute atomic E-state index is 0.0853. The van der Waals surface area contributed by atoms with Gasteiger partial charge in [0.15, 0.2) is 5.78 Å². The van der Waals surface area contributed by atoms with Crippen molar-refractivity contribution < 1.29 is 23.7 Å². The lowest BCUT2D eigenvalue weighted by molar-refractivity contribution is -0.113. The van der Waals surface area contributed by atoms with Crippen LogP contribution in [0.3, 0.4) is 0 Å². The van der Waals surface area contributed by atoms with E-state index >= 15 is 0 Å². The number of hydrogen-bond donors (Lipinski definition) is 2. The van der Waals surface area contributed by atoms with Crippen LogP contribution in [-0.2, 0) is 21.3 Å². The lowest BCUT2D eigenvalue weighted by atomic mass is 10.1. The number of Topliss-reactive ketones (excluding diaryl/α,β-unsaturated/α-hetero) is 1. The molecule has 0 spiro atoms. The van der Waals surface area contributed by atoms with Gasteiger partial charge in [-0.15, -0.1) is 0 Å². The van der Waals surface area contributed by atoms with Gasteiger partial charge in [0.25, 0.3) is 0 Å². The third-order valence-electron chi connectivity index (χ3n) is 3.35. The molecule has 0 aromatic heterocycles. The molecular formula is C18H17NO5S. The van der Waals surface area contributed by atoms with E-state index in [1.807, 2.05) is 0 Å². The zero-order valence-corrected chi connectivity index (χ0v) is 14.3. The first-order valence-corrected chi connectivity index (χ1v) is 8.92. The topological polar surface area (TPSA) is 101 Å². The molecule has 2 aromatic rings. The van der Waals surface area contributed by atoms with Gasteiger partial charge >= 0.3 is 5.97 Å². The Labute approximate surface area is 147 Å². The molecule has 0 heterocycles. The fourth-order valence-electron chi connectivity index (χ4n) is 2.19. The number of carbonyl (C=O) groups is 3. The van der Waals surface area contributed by atoms with Crippen LogP contribution in [0.2, 0.25) is 0 Å². The Hall–Kier alpha value is -2.80. The van der Waals surface area contributed by atoms with Crippen LogP contribution in [0.5, 0.6) is 0 Å². The summed E-state index contributed by atoms with van der Waals surface area (Å²) >= 11 is 0. The standard InChI is InChI=1S/C18H17NO5S/c1-12(20)14-5-3-7-16(9-14)19-17(21)11-25(24)10-13-4-2-6-15(8-13)18(22)23/h2-9H,10-11H2,1H3,(H,19,21)(H,22,23). The molecule has 0 saturated heterocycles. The Bertz CT molecular complexity index is 777. The zero-order valence-electron chi connectivity index (χ0n) is 13.5. The minimum atomic E-state index is -1.48. The van der Waals surface area contributed by atoms with Crippen LogP contribution in [0.15, 0.2) is 48.5 Å². The van der Waals surface area contributed by atoms with E-state index in [-0.39, 0.29) is 22.9 Å². The molecule has 0 radical (unpaired) electrons. The van der Waals surface area contributed by atoms with Crippen molar-refractivity contribution in [2.75, 3.05) is 11.1 Å². The Morgan fingerprint density at radius 3 is 2.40 bits per heavy atom. The Morgan fingerprint density at radius 1 is 1.04 bits per heavy atom. The lowest BCUT2D eigenvalue weighted by Gasteiger charge is -2.07. The van der Waals surface area contributed by atoms with Gasteiger partial charge < -0.3 is 10.4 Å². The van der Waals surface area contributed by atoms with Crippen molar-refractivity contribution in [3.63, 3.8) is 0 Å². The van der Waals surface area contributed by atoms with Crippen molar-refractivity contribution in [3.8, 4) is 0 Å². The number of carboxylic acid groups (broad SMARTS) is 1. The molecule has 0 aliphatic heterocycles. The first-order chi connectivity index (χ1) is 11.8. The second-order valence-corrected chi connectivity index (χ2v) is 6.88. The quantitative estimate of drug-likeness (QED) is 0.740. The monoisotopic (exact) mass is 359 g/mol. The number of carbonyl (C=O) groups excluding carboxylic acids is 2. The molecule has 0 aliphatic carbocycles. The lowest BCUT2D eigenvalue weighted by Crippen LogP contribution is -2.20. The van der Waals surface area contributed by atoms with Gasteiger partial charge in [-0.25, -0.2) is 4.79 Å². The predicted octanol–water partition coefficient (Wildman–Crippen LogP) is 2.47. The molecule has 0 fully saturated rings. The molecule has 25 heavy (non-hydrogen) atoms. The van der Waals surface area contributed by atoms with E-state index in [2.05, 4.69) is 5.32 Å². The summed E-state index contributed by atoms with van der Waals surface area (Å²) in [6, 6.07) is 12.6. The summed E-state index contributed by atoms with van der Waals surface area (Å²) in [5.41, 5.74) is 1.64. The number of carboxylic acids is 1. The highest BCUT2D eigenvalue weighted by molar-refractivity contribution is 7.84. The van der Waals surface area contributed by atoms with E-state index in [1.165, 1.54) is 19.1 Å². The van der Waals surface area contributed by atoms with E-state index in [0.717, 1.165) is 0 Å². The smallest absolute Gasteiger partial charge is 0.335 e. The predicted molar refractivity (Wildman–Crippen MR) is 95.2 cm³/mol. The molecule has 7 heteroatoms. The summed E-state index contributed by atoms with van der Waals surface area (Å²) in [6.45, 7) is 1.43. The van der Waals surface area contributed by atoms with Crippen LogP contribution < -0.4 is 5.32 Å². The third-order valence-corrected chi connectivity index (χ3v) is 4.59. The molecule has 1 amide bonds. The normalized spacial score (nSPS) is 11.6. The first-order valence-electron chi connectivity index (χ1n) is 7.43. The second-order valence-electron chi connectivity index (χ2n) is 5.42. The van der Waals surface area contributed by atoms with E-state index in [0.29, 0.717) is 16.8 Å². The maximum atomic E-state index is 12.1. The average Bonchev–Trinajstić information content (AvgIpc) is 2.54. The maximum Gasteiger partial charge on any atom is 0.335 e. The highest BCUT2D eigenvalue weighted by atomic mass is 32.2. The van der Waals surface area contributed by atoms with Gasteiger partial charge in [0.05, 0.1) is 5.56 Å². The SMILES string of the molecule is CC(=O)c1cccc(NC(=O)CS(=O)Cc2cccc(C(=O)O)c2)c1. The number of nitrogens with one attached hydrogen (secondary N) is 1. The fourth-order valence-corrected chi connectivity index (χ4v) is 3.21. The van der Waals surface area contributed by atoms with Crippen LogP contribution in [0, 0.1) is 0 Å². The largest absolute Gasteiger partial charge is 0.478 e. The van der Waals surface area contributed by atoms with E-state index in [9.17, 15) is 18.6 Å². The minimum Gasteiger partial charge on any atom is -0.478 e. The molecule has 0 bridgehead atoms. The number of hydrogen-bond acceptors (Lipinski definition) is 4. The maximum absolute atomic E-state index is 12.1. The molecule has 130 valence electrons. The number of amides is 1. The van der Waals surface area contributed by atoms with Crippen molar-refractivity contribution in [3.05, 3.63) is 65.2 Å². The van der Waals surface area contributed by atoms with Crippen molar-refractivity contribution in [2.45, 2.75) is 12.7 Å². The zero-order chi connectivity index (χ0) is 18.4. The van der Waals surface area contributed by atoms with Crippen LogP contribution in [0.25, 0.3) is 0 Å². The molecule has 1 atom stereocenters. The molecule has 1 unspecified atom stereocenters. The van der Waals surface area contributed by atoms with Crippen molar-refractivity contribution >= 4 is 34.1 Å². The molecular weight excluding hydrogens is 342 g/mol. The summed E-state index contributed by atoms with van der Waals surface area (Å²) in [5, 5.41) is 11.6. The summed E-state index contributed by atoms with van der Waals surface area (Å²) < 4.78 is 12.1. The van der Waals surface area contributed by atoms with Crippen LogP contribution in [0.4, 0.5) is 5.69 Å². The fraction of sp³-hybridized carbons (Fsp3) is 0.167. The summed E-state index contributed by atoms with van der Waals surface area (Å²) in [7, 11) is -1.48. The number of anilines is 1. The van der Waals surface area contributed by atoms with E-state index in [1.54, 1.807) is 36.4 Å². The molecule has 2 aromatic carbocycles. The third kappa shape index (κ3) is 5.65. The number of ketones is 1. The number of rotatable bonds is 7. The number of aromatic carboxylic acids is 1. The highest BCUT2D eigenvalue weighted by Crippen LogP contribution is 2.12. The van der Waals surface area contributed by atoms with Gasteiger partial charge in [-0.3, -0.25) is 13.8 Å². The van der Waals surface area contributed by atoms with Crippen molar-refractivity contribution in [1.82, 2.24) is 0 Å². The Balaban J connectivity index is 1.95. The molecule has 0 aliphatic rings. The van der Waals surface area contributed by atoms with Crippen LogP contribution in [-0.4, -0.2) is 32.7 Å². The molecule has 0 saturated carbocycles. The summed E-state index contributed by atoms with van der Waals surface area (Å²) in [4.78, 5) is 34.3. The van der Waals surface area contributed by atoms with Gasteiger partial charge in [-0.05, 0) is 36.8 Å². The van der Waals surface area contributed by atoms with E-state index < -0.39 is 22.7 Å². The highest BCUT2D eigenvalue weighted by Gasteiger charge is 2.11. The first kappa shape index (κ1) is 18.5. The van der Waals surface area contributed by atoms with Gasteiger partial charge in [-0.1, -0.05) is 24.3 Å². The Morgan fingerprint density at radius 2 is 1.72 bits per heavy atom. The van der Waals surface area contributed by atoms with Gasteiger partial charge in [0, 0.05) is 27.8 Å². The summed E-state index contributed by atoms with van der Waals surface area (Å²) in [5.74, 6) is -1.74. The second kappa shape index (κ2) is 8.34. The molecule has 2 N–H and O–H groups in total. The Kier molecular flexibility index (Phi) is 6.19. The average molecular weight is 359 g/mol. The van der Waals surface area contributed by atoms with Gasteiger partial charge in [-0.2, -0.15) is 0 Å². The van der Waals surface area contributed by atoms with Gasteiger partial charge in [0.1, 0.15) is 5.75 Å². The molecule has 6 nitrogen and oxygen atoms in total. The van der Waals surface area contributed by atoms with Crippen molar-refractivity contribution in [2.24, 2.45) is 0 Å². The van der Waals surface area contributed by atoms with Gasteiger partial charge in [0.2, 0.25) is 5.91 Å². The molecule has 2 rings (SSSR count). The van der Waals surface area contributed by atoms with Crippen LogP contribution in [0.1, 0.15) is 33.2 Å². The summed E-state index contributed by atoms with van der Waals surface area (Å²) in [6.07, 6.45) is 0. The van der Waals surface area contributed by atoms with E-state index in [4.69, 9.17) is 5.11 Å².